The second-order valence-corrected chi connectivity index (χ2v) is 8.97. The average Bonchev–Trinajstić information content (AvgIpc) is 3.41. The highest BCUT2D eigenvalue weighted by molar-refractivity contribution is 7.17. The van der Waals surface area contributed by atoms with Crippen molar-refractivity contribution in [3.05, 3.63) is 43.2 Å². The number of imidazole rings is 1. The number of nitrogens with zero attached hydrogens (tertiary/aromatic N) is 5. The Morgan fingerprint density at radius 3 is 2.63 bits per heavy atom. The minimum Gasteiger partial charge on any atom is -0.465 e. The lowest BCUT2D eigenvalue weighted by atomic mass is 10.0. The Kier molecular flexibility index (Phi) is 6.47. The Morgan fingerprint density at radius 1 is 1.20 bits per heavy atom. The number of nitrogens with one attached hydrogen (secondary N) is 1. The molecule has 0 bridgehead atoms. The molecule has 0 spiro atoms. The van der Waals surface area contributed by atoms with Crippen LogP contribution in [0, 0.1) is 0 Å². The molecule has 2 amide bonds. The third-order valence-corrected chi connectivity index (χ3v) is 6.89. The molecule has 0 atom stereocenters. The predicted molar refractivity (Wildman–Crippen MR) is 126 cm³/mol. The molecule has 1 aliphatic rings. The van der Waals surface area contributed by atoms with Crippen molar-refractivity contribution in [2.45, 2.75) is 26.4 Å². The number of aryl methyl sites for hydroxylation is 1. The van der Waals surface area contributed by atoms with Gasteiger partial charge in [-0.3, -0.25) is 18.7 Å². The monoisotopic (exact) mass is 504 g/mol. The maximum absolute atomic E-state index is 12.9. The van der Waals surface area contributed by atoms with Crippen molar-refractivity contribution in [2.24, 2.45) is 14.1 Å². The van der Waals surface area contributed by atoms with Gasteiger partial charge in [-0.15, -0.1) is 11.3 Å². The summed E-state index contributed by atoms with van der Waals surface area (Å²) in [6.07, 6.45) is 1.27. The SMILES string of the molecule is CCOC(=O)N1CCc2c(sc(NC(=O)Cn3cnc4c3c(=O)n(C)c(=O)n4C)c2C(=O)OC)C1. The van der Waals surface area contributed by atoms with Crippen molar-refractivity contribution in [1.29, 1.82) is 0 Å². The Balaban J connectivity index is 1.63. The highest BCUT2D eigenvalue weighted by atomic mass is 32.1. The van der Waals surface area contributed by atoms with Gasteiger partial charge in [-0.05, 0) is 18.9 Å². The molecule has 0 radical (unpaired) electrons. The molecule has 0 saturated carbocycles. The molecular formula is C21H24N6O7S. The lowest BCUT2D eigenvalue weighted by molar-refractivity contribution is -0.116. The topological polar surface area (TPSA) is 147 Å². The predicted octanol–water partition coefficient (Wildman–Crippen LogP) is 0.435. The Hall–Kier alpha value is -3.94. The summed E-state index contributed by atoms with van der Waals surface area (Å²) in [6.45, 7) is 2.31. The lowest BCUT2D eigenvalue weighted by Gasteiger charge is -2.26. The van der Waals surface area contributed by atoms with E-state index in [-0.39, 0.29) is 36.4 Å². The van der Waals surface area contributed by atoms with E-state index < -0.39 is 29.2 Å². The van der Waals surface area contributed by atoms with E-state index in [1.54, 1.807) is 6.92 Å². The fourth-order valence-electron chi connectivity index (χ4n) is 4.02. The van der Waals surface area contributed by atoms with Crippen LogP contribution in [0.15, 0.2) is 15.9 Å². The Morgan fingerprint density at radius 2 is 1.94 bits per heavy atom. The van der Waals surface area contributed by atoms with Crippen LogP contribution in [0.2, 0.25) is 0 Å². The zero-order valence-electron chi connectivity index (χ0n) is 19.6. The summed E-state index contributed by atoms with van der Waals surface area (Å²) in [5.41, 5.74) is 0.128. The van der Waals surface area contributed by atoms with Gasteiger partial charge in [-0.1, -0.05) is 0 Å². The van der Waals surface area contributed by atoms with Gasteiger partial charge in [0.05, 0.1) is 32.2 Å². The first kappa shape index (κ1) is 24.2. The lowest BCUT2D eigenvalue weighted by Crippen LogP contribution is -2.37. The van der Waals surface area contributed by atoms with Crippen LogP contribution < -0.4 is 16.6 Å². The molecule has 0 fully saturated rings. The second-order valence-electron chi connectivity index (χ2n) is 7.87. The fourth-order valence-corrected chi connectivity index (χ4v) is 5.29. The van der Waals surface area contributed by atoms with E-state index in [0.29, 0.717) is 18.0 Å². The van der Waals surface area contributed by atoms with Crippen molar-refractivity contribution in [3.8, 4) is 0 Å². The molecule has 0 aliphatic carbocycles. The normalized spacial score (nSPS) is 13.0. The number of amides is 2. The molecule has 1 aliphatic heterocycles. The number of rotatable bonds is 5. The summed E-state index contributed by atoms with van der Waals surface area (Å²) in [7, 11) is 4.09. The number of carbonyl (C=O) groups excluding carboxylic acids is 3. The summed E-state index contributed by atoms with van der Waals surface area (Å²) in [5, 5.41) is 3.03. The molecule has 35 heavy (non-hydrogen) atoms. The zero-order chi connectivity index (χ0) is 25.4. The summed E-state index contributed by atoms with van der Waals surface area (Å²) in [4.78, 5) is 68.8. The van der Waals surface area contributed by atoms with Crippen LogP contribution in [0.4, 0.5) is 9.80 Å². The van der Waals surface area contributed by atoms with Crippen LogP contribution >= 0.6 is 11.3 Å². The van der Waals surface area contributed by atoms with Crippen LogP contribution in [-0.2, 0) is 47.9 Å². The van der Waals surface area contributed by atoms with Gasteiger partial charge in [0, 0.05) is 25.5 Å². The van der Waals surface area contributed by atoms with Crippen molar-refractivity contribution in [2.75, 3.05) is 25.6 Å². The van der Waals surface area contributed by atoms with Gasteiger partial charge < -0.3 is 24.3 Å². The minimum atomic E-state index is -0.598. The smallest absolute Gasteiger partial charge is 0.410 e. The number of esters is 1. The van der Waals surface area contributed by atoms with Gasteiger partial charge in [-0.2, -0.15) is 0 Å². The highest BCUT2D eigenvalue weighted by Gasteiger charge is 2.31. The molecule has 0 saturated heterocycles. The molecule has 13 nitrogen and oxygen atoms in total. The van der Waals surface area contributed by atoms with Gasteiger partial charge in [0.1, 0.15) is 11.5 Å². The van der Waals surface area contributed by atoms with Gasteiger partial charge in [0.2, 0.25) is 5.91 Å². The number of aromatic nitrogens is 4. The summed E-state index contributed by atoms with van der Waals surface area (Å²) < 4.78 is 13.5. The number of hydrogen-bond acceptors (Lipinski definition) is 9. The molecule has 186 valence electrons. The van der Waals surface area contributed by atoms with E-state index >= 15 is 0 Å². The van der Waals surface area contributed by atoms with Crippen LogP contribution in [0.3, 0.4) is 0 Å². The number of hydrogen-bond donors (Lipinski definition) is 1. The largest absolute Gasteiger partial charge is 0.465 e. The number of fused-ring (bicyclic) bond motifs is 2. The minimum absolute atomic E-state index is 0.105. The van der Waals surface area contributed by atoms with E-state index in [4.69, 9.17) is 9.47 Å². The van der Waals surface area contributed by atoms with Gasteiger partial charge in [-0.25, -0.2) is 19.4 Å². The Labute approximate surface area is 202 Å². The van der Waals surface area contributed by atoms with E-state index in [0.717, 1.165) is 15.0 Å². The van der Waals surface area contributed by atoms with E-state index in [2.05, 4.69) is 10.3 Å². The van der Waals surface area contributed by atoms with Crippen molar-refractivity contribution >= 4 is 45.5 Å². The van der Waals surface area contributed by atoms with Crippen molar-refractivity contribution < 1.29 is 23.9 Å². The first-order chi connectivity index (χ1) is 16.7. The van der Waals surface area contributed by atoms with E-state index in [1.165, 1.54) is 52.9 Å². The van der Waals surface area contributed by atoms with Gasteiger partial charge in [0.25, 0.3) is 5.56 Å². The van der Waals surface area contributed by atoms with Crippen LogP contribution in [0.5, 0.6) is 0 Å². The molecule has 4 heterocycles. The molecule has 0 unspecified atom stereocenters. The summed E-state index contributed by atoms with van der Waals surface area (Å²) in [5.74, 6) is -1.11. The van der Waals surface area contributed by atoms with E-state index in [1.807, 2.05) is 0 Å². The number of ether oxygens (including phenoxy) is 2. The van der Waals surface area contributed by atoms with Crippen LogP contribution in [-0.4, -0.2) is 61.8 Å². The van der Waals surface area contributed by atoms with Gasteiger partial charge in [0.15, 0.2) is 11.2 Å². The number of thiophene rings is 1. The molecule has 0 aromatic carbocycles. The molecule has 4 rings (SSSR count). The summed E-state index contributed by atoms with van der Waals surface area (Å²) in [6, 6.07) is 0. The quantitative estimate of drug-likeness (QED) is 0.492. The second kappa shape index (κ2) is 9.37. The summed E-state index contributed by atoms with van der Waals surface area (Å²) >= 11 is 1.18. The van der Waals surface area contributed by atoms with Gasteiger partial charge >= 0.3 is 17.8 Å². The van der Waals surface area contributed by atoms with Crippen molar-refractivity contribution in [1.82, 2.24) is 23.6 Å². The molecule has 1 N–H and O–H groups in total. The molecular weight excluding hydrogens is 480 g/mol. The highest BCUT2D eigenvalue weighted by Crippen LogP contribution is 2.37. The third kappa shape index (κ3) is 4.20. The zero-order valence-corrected chi connectivity index (χ0v) is 20.4. The fraction of sp³-hybridized carbons (Fsp3) is 0.429. The molecule has 14 heteroatoms. The number of carbonyl (C=O) groups is 3. The van der Waals surface area contributed by atoms with Crippen LogP contribution in [0.25, 0.3) is 11.2 Å². The first-order valence-electron chi connectivity index (χ1n) is 10.7. The molecule has 3 aromatic rings. The maximum atomic E-state index is 12.9. The molecule has 3 aromatic heterocycles. The third-order valence-electron chi connectivity index (χ3n) is 5.76. The maximum Gasteiger partial charge on any atom is 0.410 e. The number of methoxy groups -OCH3 is 1. The van der Waals surface area contributed by atoms with Crippen LogP contribution in [0.1, 0.15) is 27.7 Å². The average molecular weight is 505 g/mol. The first-order valence-corrected chi connectivity index (χ1v) is 11.5. The van der Waals surface area contributed by atoms with Crippen molar-refractivity contribution in [3.63, 3.8) is 0 Å². The number of anilines is 1. The van der Waals surface area contributed by atoms with E-state index in [9.17, 15) is 24.0 Å². The standard InChI is InChI=1S/C21H24N6O7S/c1-5-34-21(32)26-7-6-11-12(8-26)35-17(14(11)19(30)33-4)23-13(28)9-27-10-22-16-15(27)18(29)25(3)20(31)24(16)2/h10H,5-9H2,1-4H3,(H,23,28). The Bertz CT molecular complexity index is 1460.